The van der Waals surface area contributed by atoms with Crippen molar-refractivity contribution < 1.29 is 5.11 Å². The summed E-state index contributed by atoms with van der Waals surface area (Å²) in [7, 11) is 2.90. The molecular formula is C13H22N4O3. The van der Waals surface area contributed by atoms with Crippen molar-refractivity contribution in [3.05, 3.63) is 20.8 Å². The van der Waals surface area contributed by atoms with Crippen LogP contribution in [0.25, 0.3) is 0 Å². The summed E-state index contributed by atoms with van der Waals surface area (Å²) >= 11 is 0. The van der Waals surface area contributed by atoms with Crippen LogP contribution in [-0.4, -0.2) is 31.6 Å². The first kappa shape index (κ1) is 14.8. The maximum Gasteiger partial charge on any atom is 0.346 e. The molecular weight excluding hydrogens is 260 g/mol. The van der Waals surface area contributed by atoms with E-state index in [4.69, 9.17) is 0 Å². The Morgan fingerprint density at radius 3 is 2.55 bits per heavy atom. The molecule has 0 saturated heterocycles. The lowest BCUT2D eigenvalue weighted by molar-refractivity contribution is 0.00489. The first-order valence-electron chi connectivity index (χ1n) is 6.93. The van der Waals surface area contributed by atoms with E-state index in [-0.39, 0.29) is 12.4 Å². The van der Waals surface area contributed by atoms with Gasteiger partial charge in [-0.1, -0.05) is 6.92 Å². The Balaban J connectivity index is 2.12. The van der Waals surface area contributed by atoms with Crippen LogP contribution >= 0.6 is 0 Å². The van der Waals surface area contributed by atoms with Gasteiger partial charge in [0.2, 0.25) is 5.82 Å². The summed E-state index contributed by atoms with van der Waals surface area (Å²) in [5.41, 5.74) is -1.74. The smallest absolute Gasteiger partial charge is 0.346 e. The van der Waals surface area contributed by atoms with Crippen molar-refractivity contribution in [2.24, 2.45) is 20.0 Å². The van der Waals surface area contributed by atoms with Gasteiger partial charge in [-0.25, -0.2) is 9.48 Å². The van der Waals surface area contributed by atoms with Crippen molar-refractivity contribution in [3.8, 4) is 0 Å². The standard InChI is InChI=1S/C13H22N4O3/c1-9-4-6-13(20,7-5-9)8-14-10-11(18)16(2)12(19)17(3)15-10/h9,20H,4-8H2,1-3H3,(H,14,15). The minimum atomic E-state index is -0.798. The third-order valence-corrected chi connectivity index (χ3v) is 4.11. The second-order valence-corrected chi connectivity index (χ2v) is 5.88. The third-order valence-electron chi connectivity index (χ3n) is 4.11. The first-order valence-corrected chi connectivity index (χ1v) is 6.93. The summed E-state index contributed by atoms with van der Waals surface area (Å²) in [6, 6.07) is 0. The van der Waals surface area contributed by atoms with E-state index in [1.54, 1.807) is 0 Å². The Hall–Kier alpha value is -1.63. The Bertz CT molecular complexity index is 597. The summed E-state index contributed by atoms with van der Waals surface area (Å²) < 4.78 is 2.11. The fraction of sp³-hybridized carbons (Fsp3) is 0.769. The molecule has 1 fully saturated rings. The van der Waals surface area contributed by atoms with E-state index in [2.05, 4.69) is 17.3 Å². The highest BCUT2D eigenvalue weighted by Crippen LogP contribution is 2.31. The van der Waals surface area contributed by atoms with E-state index in [1.807, 2.05) is 0 Å². The van der Waals surface area contributed by atoms with Gasteiger partial charge in [-0.3, -0.25) is 9.36 Å². The number of hydrogen-bond donors (Lipinski definition) is 2. The summed E-state index contributed by atoms with van der Waals surface area (Å²) in [4.78, 5) is 23.4. The van der Waals surface area contributed by atoms with Gasteiger partial charge in [0.25, 0.3) is 5.56 Å². The number of nitrogens with zero attached hydrogens (tertiary/aromatic N) is 3. The minimum absolute atomic E-state index is 0.0987. The third kappa shape index (κ3) is 2.92. The van der Waals surface area contributed by atoms with Gasteiger partial charge in [0, 0.05) is 20.6 Å². The summed E-state index contributed by atoms with van der Waals surface area (Å²) in [6.45, 7) is 2.46. The molecule has 0 unspecified atom stereocenters. The molecule has 0 radical (unpaired) electrons. The Morgan fingerprint density at radius 1 is 1.35 bits per heavy atom. The predicted molar refractivity (Wildman–Crippen MR) is 75.8 cm³/mol. The quantitative estimate of drug-likeness (QED) is 0.803. The van der Waals surface area contributed by atoms with Crippen LogP contribution in [0.15, 0.2) is 9.59 Å². The molecule has 0 bridgehead atoms. The molecule has 0 aliphatic heterocycles. The van der Waals surface area contributed by atoms with Crippen LogP contribution in [0.3, 0.4) is 0 Å². The largest absolute Gasteiger partial charge is 0.388 e. The van der Waals surface area contributed by atoms with Crippen molar-refractivity contribution in [1.29, 1.82) is 0 Å². The molecule has 2 rings (SSSR count). The van der Waals surface area contributed by atoms with Gasteiger partial charge in [-0.15, -0.1) is 5.10 Å². The molecule has 1 saturated carbocycles. The normalized spacial score (nSPS) is 26.5. The van der Waals surface area contributed by atoms with Crippen LogP contribution in [0.1, 0.15) is 32.6 Å². The first-order chi connectivity index (χ1) is 9.32. The van der Waals surface area contributed by atoms with Crippen molar-refractivity contribution >= 4 is 5.82 Å². The SMILES string of the molecule is CC1CCC(O)(CNc2nn(C)c(=O)n(C)c2=O)CC1. The molecule has 20 heavy (non-hydrogen) atoms. The van der Waals surface area contributed by atoms with Crippen LogP contribution in [0.2, 0.25) is 0 Å². The number of hydrogen-bond acceptors (Lipinski definition) is 5. The topological polar surface area (TPSA) is 89.2 Å². The molecule has 0 atom stereocenters. The average molecular weight is 282 g/mol. The van der Waals surface area contributed by atoms with E-state index < -0.39 is 16.9 Å². The maximum atomic E-state index is 11.9. The molecule has 7 heteroatoms. The molecule has 1 heterocycles. The fourth-order valence-corrected chi connectivity index (χ4v) is 2.53. The zero-order valence-electron chi connectivity index (χ0n) is 12.2. The lowest BCUT2D eigenvalue weighted by Gasteiger charge is -2.35. The minimum Gasteiger partial charge on any atom is -0.388 e. The van der Waals surface area contributed by atoms with Crippen LogP contribution in [-0.2, 0) is 14.1 Å². The molecule has 7 nitrogen and oxygen atoms in total. The lowest BCUT2D eigenvalue weighted by Crippen LogP contribution is -2.44. The van der Waals surface area contributed by atoms with Crippen molar-refractivity contribution in [2.75, 3.05) is 11.9 Å². The maximum absolute atomic E-state index is 11.9. The van der Waals surface area contributed by atoms with Gasteiger partial charge in [-0.05, 0) is 31.6 Å². The molecule has 0 amide bonds. The Kier molecular flexibility index (Phi) is 3.99. The molecule has 1 aliphatic carbocycles. The van der Waals surface area contributed by atoms with E-state index in [0.717, 1.165) is 22.1 Å². The second kappa shape index (κ2) is 5.40. The van der Waals surface area contributed by atoms with Gasteiger partial charge >= 0.3 is 5.69 Å². The number of nitrogens with one attached hydrogen (secondary N) is 1. The highest BCUT2D eigenvalue weighted by atomic mass is 16.3. The van der Waals surface area contributed by atoms with Crippen LogP contribution < -0.4 is 16.6 Å². The van der Waals surface area contributed by atoms with Crippen LogP contribution in [0, 0.1) is 5.92 Å². The molecule has 1 aromatic heterocycles. The number of aliphatic hydroxyl groups is 1. The van der Waals surface area contributed by atoms with Gasteiger partial charge < -0.3 is 10.4 Å². The van der Waals surface area contributed by atoms with Gasteiger partial charge in [0.15, 0.2) is 0 Å². The number of anilines is 1. The van der Waals surface area contributed by atoms with Gasteiger partial charge in [0.05, 0.1) is 5.60 Å². The number of aromatic nitrogens is 3. The highest BCUT2D eigenvalue weighted by Gasteiger charge is 2.31. The molecule has 0 spiro atoms. The molecule has 1 aliphatic rings. The average Bonchev–Trinajstić information content (AvgIpc) is 2.43. The fourth-order valence-electron chi connectivity index (χ4n) is 2.53. The van der Waals surface area contributed by atoms with Crippen LogP contribution in [0.5, 0.6) is 0 Å². The van der Waals surface area contributed by atoms with Gasteiger partial charge in [-0.2, -0.15) is 0 Å². The second-order valence-electron chi connectivity index (χ2n) is 5.88. The number of rotatable bonds is 3. The predicted octanol–water partition coefficient (Wildman–Crippen LogP) is -0.168. The van der Waals surface area contributed by atoms with E-state index >= 15 is 0 Å². The zero-order valence-corrected chi connectivity index (χ0v) is 12.2. The zero-order chi connectivity index (χ0) is 14.9. The lowest BCUT2D eigenvalue weighted by atomic mass is 9.79. The number of aryl methyl sites for hydroxylation is 1. The van der Waals surface area contributed by atoms with E-state index in [1.165, 1.54) is 14.1 Å². The monoisotopic (exact) mass is 282 g/mol. The van der Waals surface area contributed by atoms with Crippen molar-refractivity contribution in [3.63, 3.8) is 0 Å². The Labute approximate surface area is 117 Å². The molecule has 112 valence electrons. The molecule has 0 aromatic carbocycles. The van der Waals surface area contributed by atoms with E-state index in [9.17, 15) is 14.7 Å². The highest BCUT2D eigenvalue weighted by molar-refractivity contribution is 5.30. The Morgan fingerprint density at radius 2 is 1.95 bits per heavy atom. The summed E-state index contributed by atoms with van der Waals surface area (Å²) in [5, 5.41) is 17.3. The van der Waals surface area contributed by atoms with Gasteiger partial charge in [0.1, 0.15) is 0 Å². The summed E-state index contributed by atoms with van der Waals surface area (Å²) in [6.07, 6.45) is 3.40. The molecule has 2 N–H and O–H groups in total. The summed E-state index contributed by atoms with van der Waals surface area (Å²) in [5.74, 6) is 0.737. The molecule has 1 aromatic rings. The van der Waals surface area contributed by atoms with Crippen molar-refractivity contribution in [2.45, 2.75) is 38.2 Å². The van der Waals surface area contributed by atoms with E-state index in [0.29, 0.717) is 18.8 Å². The van der Waals surface area contributed by atoms with Crippen molar-refractivity contribution in [1.82, 2.24) is 14.3 Å². The van der Waals surface area contributed by atoms with Crippen LogP contribution in [0.4, 0.5) is 5.82 Å².